The lowest BCUT2D eigenvalue weighted by Gasteiger charge is -2.43. The molecule has 0 amide bonds. The van der Waals surface area contributed by atoms with Crippen molar-refractivity contribution in [1.82, 2.24) is 0 Å². The van der Waals surface area contributed by atoms with Crippen LogP contribution in [0.15, 0.2) is 12.2 Å². The Kier molecular flexibility index (Phi) is 13.1. The van der Waals surface area contributed by atoms with Crippen molar-refractivity contribution in [2.75, 3.05) is 6.61 Å². The molecule has 3 nitrogen and oxygen atoms in total. The fraction of sp³-hybridized carbons (Fsp3) is 0.875. The second-order valence-corrected chi connectivity index (χ2v) is 20.0. The minimum atomic E-state index is -1.87. The quantitative estimate of drug-likeness (QED) is 0.139. The van der Waals surface area contributed by atoms with Gasteiger partial charge in [-0.2, -0.15) is 0 Å². The maximum Gasteiger partial charge on any atom is 0.200 e. The maximum absolute atomic E-state index is 11.3. The lowest BCUT2D eigenvalue weighted by Crippen LogP contribution is -2.48. The van der Waals surface area contributed by atoms with Crippen LogP contribution in [0.4, 0.5) is 0 Å². The number of aldehydes is 1. The first-order valence-corrected chi connectivity index (χ1v) is 16.6. The van der Waals surface area contributed by atoms with Crippen LogP contribution in [-0.4, -0.2) is 35.6 Å². The van der Waals surface area contributed by atoms with E-state index in [1.165, 1.54) is 0 Å². The third kappa shape index (κ3) is 7.75. The molecule has 0 aliphatic rings. The molecule has 0 aromatic carbocycles. The molecule has 0 aromatic rings. The van der Waals surface area contributed by atoms with Gasteiger partial charge in [-0.15, -0.1) is 0 Å². The van der Waals surface area contributed by atoms with Crippen molar-refractivity contribution in [1.29, 1.82) is 0 Å². The van der Waals surface area contributed by atoms with Crippen LogP contribution in [0.2, 0.25) is 34.8 Å². The Morgan fingerprint density at radius 2 is 1.34 bits per heavy atom. The average Bonchev–Trinajstić information content (AvgIpc) is 2.65. The average molecular weight is 443 g/mol. The summed E-state index contributed by atoms with van der Waals surface area (Å²) < 4.78 is 13.4. The highest BCUT2D eigenvalue weighted by molar-refractivity contribution is 6.77. The van der Waals surface area contributed by atoms with Gasteiger partial charge in [-0.1, -0.05) is 81.4 Å². The lowest BCUT2D eigenvalue weighted by molar-refractivity contribution is -0.109. The van der Waals surface area contributed by atoms with Gasteiger partial charge in [0.1, 0.15) is 6.29 Å². The van der Waals surface area contributed by atoms with Crippen molar-refractivity contribution >= 4 is 22.9 Å². The fourth-order valence-electron chi connectivity index (χ4n) is 5.01. The summed E-state index contributed by atoms with van der Waals surface area (Å²) in [5.74, 6) is 0.275. The summed E-state index contributed by atoms with van der Waals surface area (Å²) in [6.07, 6.45) is 2.20. The summed E-state index contributed by atoms with van der Waals surface area (Å²) in [6, 6.07) is 3.31. The van der Waals surface area contributed by atoms with Gasteiger partial charge in [-0.25, -0.2) is 0 Å². The van der Waals surface area contributed by atoms with Crippen LogP contribution >= 0.6 is 0 Å². The molecular formula is C24H50O3Si2. The second-order valence-electron chi connectivity index (χ2n) is 9.78. The fourth-order valence-corrected chi connectivity index (χ4v) is 13.4. The molecule has 5 heteroatoms. The Morgan fingerprint density at radius 3 is 1.69 bits per heavy atom. The topological polar surface area (TPSA) is 35.5 Å². The van der Waals surface area contributed by atoms with Crippen molar-refractivity contribution in [3.05, 3.63) is 12.2 Å². The third-order valence-electron chi connectivity index (χ3n) is 7.19. The van der Waals surface area contributed by atoms with E-state index in [0.29, 0.717) is 23.0 Å². The van der Waals surface area contributed by atoms with Gasteiger partial charge in [0, 0.05) is 13.0 Å². The third-order valence-corrected chi connectivity index (χ3v) is 18.0. The monoisotopic (exact) mass is 442 g/mol. The summed E-state index contributed by atoms with van der Waals surface area (Å²) >= 11 is 0. The Hall–Kier alpha value is -0.236. The van der Waals surface area contributed by atoms with E-state index in [1.54, 1.807) is 0 Å². The van der Waals surface area contributed by atoms with Crippen molar-refractivity contribution < 1.29 is 13.6 Å². The zero-order valence-corrected chi connectivity index (χ0v) is 23.1. The van der Waals surface area contributed by atoms with Crippen molar-refractivity contribution in [2.45, 2.75) is 123 Å². The smallest absolute Gasteiger partial charge is 0.200 e. The van der Waals surface area contributed by atoms with E-state index in [4.69, 9.17) is 8.85 Å². The highest BCUT2D eigenvalue weighted by Crippen LogP contribution is 2.42. The molecule has 0 bridgehead atoms. The van der Waals surface area contributed by atoms with Gasteiger partial charge in [0.05, 0.1) is 6.10 Å². The summed E-state index contributed by atoms with van der Waals surface area (Å²) in [6.45, 7) is 28.0. The van der Waals surface area contributed by atoms with Gasteiger partial charge >= 0.3 is 0 Å². The molecule has 0 radical (unpaired) electrons. The van der Waals surface area contributed by atoms with Crippen LogP contribution < -0.4 is 0 Å². The first-order valence-electron chi connectivity index (χ1n) is 11.9. The van der Waals surface area contributed by atoms with E-state index in [0.717, 1.165) is 43.0 Å². The minimum absolute atomic E-state index is 0.0312. The molecule has 0 fully saturated rings. The van der Waals surface area contributed by atoms with Crippen molar-refractivity contribution in [3.8, 4) is 0 Å². The molecule has 172 valence electrons. The lowest BCUT2D eigenvalue weighted by atomic mass is 9.97. The van der Waals surface area contributed by atoms with Crippen LogP contribution in [-0.2, 0) is 13.6 Å². The van der Waals surface area contributed by atoms with Gasteiger partial charge in [0.2, 0.25) is 0 Å². The number of hydrogen-bond acceptors (Lipinski definition) is 3. The SMILES string of the molecule is C=C(C[C@@H](CC=O)O[Si](CC)(CC)CC)[C@@H](C)CO[Si](C(C)C)(C(C)C)C(C)C. The minimum Gasteiger partial charge on any atom is -0.415 e. The molecule has 0 heterocycles. The molecule has 0 aliphatic carbocycles. The summed E-state index contributed by atoms with van der Waals surface area (Å²) in [7, 11) is -3.61. The highest BCUT2D eigenvalue weighted by Gasteiger charge is 2.45. The molecule has 0 saturated heterocycles. The predicted molar refractivity (Wildman–Crippen MR) is 133 cm³/mol. The van der Waals surface area contributed by atoms with Crippen LogP contribution in [0.25, 0.3) is 0 Å². The molecule has 2 atom stereocenters. The van der Waals surface area contributed by atoms with Crippen LogP contribution in [0.5, 0.6) is 0 Å². The molecule has 29 heavy (non-hydrogen) atoms. The molecule has 0 aliphatic heterocycles. The van der Waals surface area contributed by atoms with Gasteiger partial charge in [-0.3, -0.25) is 0 Å². The maximum atomic E-state index is 11.3. The standard InChI is InChI=1S/C24H50O3Si2/c1-12-28(13-2,14-3)27-24(15-16-25)17-22(10)23(11)18-26-29(19(4)5,20(6)7)21(8)9/h16,19-21,23-24H,10,12-15,17-18H2,1-9,11H3/t23-,24+/m0/s1. The van der Waals surface area contributed by atoms with Crippen LogP contribution in [0.3, 0.4) is 0 Å². The first kappa shape index (κ1) is 28.8. The Balaban J connectivity index is 5.18. The molecule has 0 unspecified atom stereocenters. The van der Waals surface area contributed by atoms with Gasteiger partial charge in [0.15, 0.2) is 16.6 Å². The summed E-state index contributed by atoms with van der Waals surface area (Å²) in [4.78, 5) is 11.3. The van der Waals surface area contributed by atoms with Crippen molar-refractivity contribution in [2.24, 2.45) is 5.92 Å². The Labute approximate surface area is 184 Å². The van der Waals surface area contributed by atoms with Gasteiger partial charge < -0.3 is 13.6 Å². The number of carbonyl (C=O) groups is 1. The van der Waals surface area contributed by atoms with E-state index >= 15 is 0 Å². The molecule has 0 spiro atoms. The second kappa shape index (κ2) is 13.2. The molecular weight excluding hydrogens is 392 g/mol. The molecule has 0 aromatic heterocycles. The van der Waals surface area contributed by atoms with Gasteiger partial charge in [-0.05, 0) is 47.1 Å². The number of carbonyl (C=O) groups excluding carboxylic acids is 1. The number of rotatable bonds is 16. The van der Waals surface area contributed by atoms with Crippen LogP contribution in [0.1, 0.15) is 82.1 Å². The number of hydrogen-bond donors (Lipinski definition) is 0. The van der Waals surface area contributed by atoms with E-state index in [9.17, 15) is 4.79 Å². The normalized spacial score (nSPS) is 15.2. The highest BCUT2D eigenvalue weighted by atomic mass is 28.4. The van der Waals surface area contributed by atoms with E-state index in [-0.39, 0.29) is 12.0 Å². The van der Waals surface area contributed by atoms with E-state index in [2.05, 4.69) is 75.8 Å². The molecule has 0 saturated carbocycles. The zero-order valence-electron chi connectivity index (χ0n) is 21.1. The Morgan fingerprint density at radius 1 is 0.897 bits per heavy atom. The van der Waals surface area contributed by atoms with E-state index < -0.39 is 16.6 Å². The largest absolute Gasteiger partial charge is 0.415 e. The zero-order chi connectivity index (χ0) is 22.8. The Bertz CT molecular complexity index is 454. The van der Waals surface area contributed by atoms with Crippen molar-refractivity contribution in [3.63, 3.8) is 0 Å². The molecule has 0 N–H and O–H groups in total. The molecule has 0 rings (SSSR count). The predicted octanol–water partition coefficient (Wildman–Crippen LogP) is 7.74. The first-order chi connectivity index (χ1) is 13.5. The summed E-state index contributed by atoms with van der Waals surface area (Å²) in [5.41, 5.74) is 2.90. The summed E-state index contributed by atoms with van der Waals surface area (Å²) in [5, 5.41) is 0. The van der Waals surface area contributed by atoms with Crippen LogP contribution in [0, 0.1) is 5.92 Å². The van der Waals surface area contributed by atoms with Gasteiger partial charge in [0.25, 0.3) is 0 Å². The van der Waals surface area contributed by atoms with E-state index in [1.807, 2.05) is 0 Å².